The predicted octanol–water partition coefficient (Wildman–Crippen LogP) is 6.46. The standard InChI is InChI=1S/C43H48N2O9/c1-5-52-40(49)27-37-42(54-43(50)34-15-10-9-14-33(34)30-12-7-6-8-13-30)41(44-38(47)24-28(2)3)35-26-32(53-23-11-22-46)20-21-36(35)45(37)39(48)25-29-16-18-31(51-4)19-17-29/h6-10,12-21,26,28,37,41-42,46H,5,11,22-25,27H2,1-4H3,(H,44,47)/t37-,41-,42-/m0/s1. The number of aliphatic hydroxyl groups excluding tert-OH is 1. The molecule has 1 aliphatic rings. The first kappa shape index (κ1) is 39.5. The number of ether oxygens (including phenoxy) is 4. The van der Waals surface area contributed by atoms with Crippen LogP contribution in [0.2, 0.25) is 0 Å². The van der Waals surface area contributed by atoms with Crippen LogP contribution in [0.25, 0.3) is 11.1 Å². The van der Waals surface area contributed by atoms with E-state index in [1.807, 2.05) is 56.3 Å². The van der Waals surface area contributed by atoms with Crippen LogP contribution in [0.3, 0.4) is 0 Å². The van der Waals surface area contributed by atoms with Crippen molar-refractivity contribution in [2.75, 3.05) is 31.8 Å². The fraction of sp³-hybridized carbons (Fsp3) is 0.349. The van der Waals surface area contributed by atoms with Gasteiger partial charge in [-0.2, -0.15) is 0 Å². The van der Waals surface area contributed by atoms with Crippen LogP contribution >= 0.6 is 0 Å². The third-order valence-corrected chi connectivity index (χ3v) is 9.05. The Morgan fingerprint density at radius 1 is 0.889 bits per heavy atom. The van der Waals surface area contributed by atoms with Gasteiger partial charge in [-0.3, -0.25) is 14.4 Å². The Kier molecular flexibility index (Phi) is 13.8. The van der Waals surface area contributed by atoms with E-state index >= 15 is 0 Å². The van der Waals surface area contributed by atoms with Gasteiger partial charge < -0.3 is 34.3 Å². The van der Waals surface area contributed by atoms with E-state index in [0.717, 1.165) is 5.56 Å². The topological polar surface area (TPSA) is 141 Å². The number of amides is 2. The van der Waals surface area contributed by atoms with Crippen LogP contribution in [0.5, 0.6) is 11.5 Å². The Hall–Kier alpha value is -5.68. The van der Waals surface area contributed by atoms with E-state index in [1.54, 1.807) is 68.6 Å². The maximum atomic E-state index is 14.6. The van der Waals surface area contributed by atoms with Gasteiger partial charge in [-0.05, 0) is 65.9 Å². The average Bonchev–Trinajstić information content (AvgIpc) is 3.16. The SMILES string of the molecule is CCOC(=O)C[C@H]1[C@H](OC(=O)c2ccccc2-c2ccccc2)[C@@H](NC(=O)CC(C)C)c2cc(OCCCO)ccc2N1C(=O)Cc1ccc(OC)cc1. The number of benzene rings is 4. The number of aliphatic hydroxyl groups is 1. The van der Waals surface area contributed by atoms with Crippen LogP contribution in [-0.2, 0) is 30.3 Å². The Balaban J connectivity index is 1.67. The summed E-state index contributed by atoms with van der Waals surface area (Å²) in [5.41, 5.74) is 3.28. The number of esters is 2. The van der Waals surface area contributed by atoms with Crippen LogP contribution in [0.15, 0.2) is 97.1 Å². The summed E-state index contributed by atoms with van der Waals surface area (Å²) in [6, 6.07) is 26.6. The van der Waals surface area contributed by atoms with E-state index in [9.17, 15) is 24.3 Å². The van der Waals surface area contributed by atoms with Gasteiger partial charge in [0, 0.05) is 30.7 Å². The molecule has 1 heterocycles. The van der Waals surface area contributed by atoms with Crippen molar-refractivity contribution in [1.82, 2.24) is 5.32 Å². The molecule has 0 saturated heterocycles. The Labute approximate surface area is 316 Å². The zero-order valence-electron chi connectivity index (χ0n) is 31.2. The Morgan fingerprint density at radius 3 is 2.28 bits per heavy atom. The van der Waals surface area contributed by atoms with Crippen molar-refractivity contribution in [3.05, 3.63) is 114 Å². The molecule has 11 heteroatoms. The zero-order chi connectivity index (χ0) is 38.6. The van der Waals surface area contributed by atoms with Gasteiger partial charge in [0.1, 0.15) is 17.6 Å². The molecule has 1 aliphatic heterocycles. The number of anilines is 1. The van der Waals surface area contributed by atoms with Gasteiger partial charge in [-0.15, -0.1) is 0 Å². The first-order chi connectivity index (χ1) is 26.1. The molecule has 11 nitrogen and oxygen atoms in total. The average molecular weight is 737 g/mol. The highest BCUT2D eigenvalue weighted by molar-refractivity contribution is 6.00. The molecule has 4 aromatic carbocycles. The van der Waals surface area contributed by atoms with Gasteiger partial charge in [0.2, 0.25) is 11.8 Å². The molecule has 0 radical (unpaired) electrons. The van der Waals surface area contributed by atoms with Crippen molar-refractivity contribution in [1.29, 1.82) is 0 Å². The summed E-state index contributed by atoms with van der Waals surface area (Å²) in [7, 11) is 1.56. The van der Waals surface area contributed by atoms with E-state index in [0.29, 0.717) is 40.3 Å². The maximum Gasteiger partial charge on any atom is 0.339 e. The molecular weight excluding hydrogens is 688 g/mol. The minimum Gasteiger partial charge on any atom is -0.497 e. The molecule has 2 N–H and O–H groups in total. The summed E-state index contributed by atoms with van der Waals surface area (Å²) in [6.07, 6.45) is -1.06. The number of hydrogen-bond acceptors (Lipinski definition) is 9. The quantitative estimate of drug-likeness (QED) is 0.0980. The molecule has 284 valence electrons. The second-order valence-corrected chi connectivity index (χ2v) is 13.4. The van der Waals surface area contributed by atoms with Crippen LogP contribution in [0.4, 0.5) is 5.69 Å². The van der Waals surface area contributed by atoms with Gasteiger partial charge in [0.05, 0.1) is 50.8 Å². The molecule has 0 unspecified atom stereocenters. The summed E-state index contributed by atoms with van der Waals surface area (Å²) < 4.78 is 23.1. The fourth-order valence-electron chi connectivity index (χ4n) is 6.62. The molecule has 2 amide bonds. The molecule has 54 heavy (non-hydrogen) atoms. The highest BCUT2D eigenvalue weighted by atomic mass is 16.5. The van der Waals surface area contributed by atoms with E-state index in [2.05, 4.69) is 5.32 Å². The number of nitrogens with one attached hydrogen (secondary N) is 1. The van der Waals surface area contributed by atoms with Crippen molar-refractivity contribution in [3.8, 4) is 22.6 Å². The highest BCUT2D eigenvalue weighted by Crippen LogP contribution is 2.43. The molecule has 0 bridgehead atoms. The largest absolute Gasteiger partial charge is 0.497 e. The fourth-order valence-corrected chi connectivity index (χ4v) is 6.62. The molecular formula is C43H48N2O9. The van der Waals surface area contributed by atoms with Crippen LogP contribution in [0.1, 0.15) is 67.6 Å². The van der Waals surface area contributed by atoms with Gasteiger partial charge in [-0.25, -0.2) is 4.79 Å². The monoisotopic (exact) mass is 736 g/mol. The number of rotatable bonds is 16. The molecule has 0 fully saturated rings. The lowest BCUT2D eigenvalue weighted by Crippen LogP contribution is -2.58. The lowest BCUT2D eigenvalue weighted by atomic mass is 9.85. The van der Waals surface area contributed by atoms with E-state index < -0.39 is 30.1 Å². The number of hydrogen-bond donors (Lipinski definition) is 2. The van der Waals surface area contributed by atoms with Gasteiger partial charge in [0.25, 0.3) is 0 Å². The molecule has 4 aromatic rings. The Bertz CT molecular complexity index is 1890. The summed E-state index contributed by atoms with van der Waals surface area (Å²) >= 11 is 0. The van der Waals surface area contributed by atoms with Crippen LogP contribution < -0.4 is 19.7 Å². The van der Waals surface area contributed by atoms with Crippen LogP contribution in [-0.4, -0.2) is 67.9 Å². The summed E-state index contributed by atoms with van der Waals surface area (Å²) in [6.45, 7) is 5.78. The minimum atomic E-state index is -1.25. The molecule has 0 spiro atoms. The molecule has 3 atom stereocenters. The third-order valence-electron chi connectivity index (χ3n) is 9.05. The number of nitrogens with zero attached hydrogens (tertiary/aromatic N) is 1. The zero-order valence-corrected chi connectivity index (χ0v) is 31.2. The number of carbonyl (C=O) groups excluding carboxylic acids is 4. The second kappa shape index (κ2) is 18.9. The van der Waals surface area contributed by atoms with Crippen molar-refractivity contribution in [2.45, 2.75) is 64.6 Å². The highest BCUT2D eigenvalue weighted by Gasteiger charge is 2.48. The smallest absolute Gasteiger partial charge is 0.339 e. The van der Waals surface area contributed by atoms with E-state index in [-0.39, 0.29) is 62.4 Å². The first-order valence-corrected chi connectivity index (χ1v) is 18.3. The van der Waals surface area contributed by atoms with Gasteiger partial charge >= 0.3 is 11.9 Å². The van der Waals surface area contributed by atoms with Crippen molar-refractivity contribution < 1.29 is 43.2 Å². The number of fused-ring (bicyclic) bond motifs is 1. The summed E-state index contributed by atoms with van der Waals surface area (Å²) in [4.78, 5) is 57.5. The maximum absolute atomic E-state index is 14.6. The minimum absolute atomic E-state index is 0.0119. The van der Waals surface area contributed by atoms with E-state index in [4.69, 9.17) is 18.9 Å². The van der Waals surface area contributed by atoms with Crippen molar-refractivity contribution in [3.63, 3.8) is 0 Å². The normalized spacial score (nSPS) is 16.3. The second-order valence-electron chi connectivity index (χ2n) is 13.4. The van der Waals surface area contributed by atoms with Crippen molar-refractivity contribution >= 4 is 29.4 Å². The number of carbonyl (C=O) groups is 4. The van der Waals surface area contributed by atoms with Gasteiger partial charge in [-0.1, -0.05) is 74.5 Å². The lowest BCUT2D eigenvalue weighted by molar-refractivity contribution is -0.144. The van der Waals surface area contributed by atoms with Crippen LogP contribution in [0, 0.1) is 5.92 Å². The molecule has 0 saturated carbocycles. The van der Waals surface area contributed by atoms with Crippen molar-refractivity contribution in [2.24, 2.45) is 5.92 Å². The first-order valence-electron chi connectivity index (χ1n) is 18.3. The lowest BCUT2D eigenvalue weighted by Gasteiger charge is -2.45. The third kappa shape index (κ3) is 9.84. The molecule has 5 rings (SSSR count). The molecule has 0 aliphatic carbocycles. The summed E-state index contributed by atoms with van der Waals surface area (Å²) in [5, 5.41) is 12.5. The molecule has 0 aromatic heterocycles. The Morgan fingerprint density at radius 2 is 1.59 bits per heavy atom. The van der Waals surface area contributed by atoms with E-state index in [1.165, 1.54) is 4.90 Å². The number of methoxy groups -OCH3 is 1. The summed E-state index contributed by atoms with van der Waals surface area (Å²) in [5.74, 6) is -0.901. The predicted molar refractivity (Wildman–Crippen MR) is 204 cm³/mol. The van der Waals surface area contributed by atoms with Gasteiger partial charge in [0.15, 0.2) is 0 Å².